The average molecular weight is 617 g/mol. The number of carboxylic acids is 1. The summed E-state index contributed by atoms with van der Waals surface area (Å²) in [4.78, 5) is 29.7. The maximum Gasteiger partial charge on any atom is 0.335 e. The number of imidazole rings is 1. The van der Waals surface area contributed by atoms with Crippen molar-refractivity contribution in [1.29, 1.82) is 0 Å². The van der Waals surface area contributed by atoms with Crippen molar-refractivity contribution >= 4 is 32.9 Å². The molecule has 5 rings (SSSR count). The third-order valence-corrected chi connectivity index (χ3v) is 10.5. The van der Waals surface area contributed by atoms with E-state index in [1.54, 1.807) is 30.6 Å². The third kappa shape index (κ3) is 6.71. The Labute approximate surface area is 259 Å². The number of piperidine rings is 1. The number of aromatic carboxylic acids is 1. The third-order valence-electron chi connectivity index (χ3n) is 8.55. The number of sulfonamides is 1. The van der Waals surface area contributed by atoms with Crippen molar-refractivity contribution in [3.63, 3.8) is 0 Å². The molecule has 0 aliphatic carbocycles. The van der Waals surface area contributed by atoms with Gasteiger partial charge in [0, 0.05) is 19.6 Å². The van der Waals surface area contributed by atoms with Crippen LogP contribution in [-0.4, -0.2) is 51.8 Å². The van der Waals surface area contributed by atoms with Gasteiger partial charge in [-0.1, -0.05) is 64.1 Å². The van der Waals surface area contributed by atoms with Crippen molar-refractivity contribution < 1.29 is 23.1 Å². The summed E-state index contributed by atoms with van der Waals surface area (Å²) in [7, 11) is -3.93. The highest BCUT2D eigenvalue weighted by molar-refractivity contribution is 7.89. The first-order valence-electron chi connectivity index (χ1n) is 15.1. The second-order valence-electron chi connectivity index (χ2n) is 12.3. The smallest absolute Gasteiger partial charge is 0.335 e. The van der Waals surface area contributed by atoms with Crippen LogP contribution in [0.4, 0.5) is 0 Å². The SMILES string of the molecule is CC(C)c1ccc(CNC(=O)[C@H]2C[C@H](Cn3cnc4cc(C(=O)O)ccc43)CCN2S(=O)(=O)c2ccc(C(C)C)cc2)cc1. The lowest BCUT2D eigenvalue weighted by Crippen LogP contribution is -2.53. The van der Waals surface area contributed by atoms with Crippen molar-refractivity contribution in [1.82, 2.24) is 19.2 Å². The Morgan fingerprint density at radius 3 is 2.20 bits per heavy atom. The summed E-state index contributed by atoms with van der Waals surface area (Å²) < 4.78 is 31.2. The van der Waals surface area contributed by atoms with Crippen molar-refractivity contribution in [2.45, 2.75) is 76.4 Å². The molecule has 2 N–H and O–H groups in total. The molecule has 2 atom stereocenters. The van der Waals surface area contributed by atoms with Crippen molar-refractivity contribution in [3.05, 3.63) is 95.3 Å². The molecule has 0 saturated carbocycles. The van der Waals surface area contributed by atoms with Gasteiger partial charge < -0.3 is 15.0 Å². The molecule has 0 bridgehead atoms. The zero-order valence-corrected chi connectivity index (χ0v) is 26.4. The highest BCUT2D eigenvalue weighted by atomic mass is 32.2. The molecule has 0 radical (unpaired) electrons. The van der Waals surface area contributed by atoms with Crippen LogP contribution < -0.4 is 5.32 Å². The Morgan fingerprint density at radius 2 is 1.59 bits per heavy atom. The summed E-state index contributed by atoms with van der Waals surface area (Å²) in [6.07, 6.45) is 2.58. The van der Waals surface area contributed by atoms with E-state index in [2.05, 4.69) is 50.1 Å². The number of nitrogens with zero attached hydrogens (tertiary/aromatic N) is 3. The fourth-order valence-corrected chi connectivity index (χ4v) is 7.43. The Bertz CT molecular complexity index is 1740. The number of benzene rings is 3. The minimum Gasteiger partial charge on any atom is -0.478 e. The first-order chi connectivity index (χ1) is 20.9. The van der Waals surface area contributed by atoms with Crippen LogP contribution in [0.3, 0.4) is 0 Å². The number of carbonyl (C=O) groups excluding carboxylic acids is 1. The number of fused-ring (bicyclic) bond motifs is 1. The molecule has 232 valence electrons. The fourth-order valence-electron chi connectivity index (χ4n) is 5.82. The zero-order chi connectivity index (χ0) is 31.6. The minimum atomic E-state index is -3.93. The topological polar surface area (TPSA) is 122 Å². The molecule has 9 nitrogen and oxygen atoms in total. The summed E-state index contributed by atoms with van der Waals surface area (Å²) in [6.45, 7) is 9.39. The van der Waals surface area contributed by atoms with Gasteiger partial charge in [-0.25, -0.2) is 18.2 Å². The van der Waals surface area contributed by atoms with Gasteiger partial charge in [0.25, 0.3) is 0 Å². The van der Waals surface area contributed by atoms with E-state index in [4.69, 9.17) is 0 Å². The zero-order valence-electron chi connectivity index (χ0n) is 25.6. The highest BCUT2D eigenvalue weighted by Crippen LogP contribution is 2.31. The van der Waals surface area contributed by atoms with Gasteiger partial charge in [0.05, 0.1) is 27.8 Å². The standard InChI is InChI=1S/C34H40N4O5S/c1-22(2)26-7-5-24(6-8-26)19-35-33(39)32-17-25(20-37-21-36-30-18-28(34(40)41)11-14-31(30)37)15-16-38(32)44(42,43)29-12-9-27(10-13-29)23(3)4/h5-14,18,21-23,25,32H,15-17,19-20H2,1-4H3,(H,35,39)(H,40,41)/t25-,32-/m1/s1. The number of carbonyl (C=O) groups is 2. The van der Waals surface area contributed by atoms with Crippen LogP contribution in [0.5, 0.6) is 0 Å². The number of rotatable bonds is 10. The van der Waals surface area contributed by atoms with Crippen molar-refractivity contribution in [3.8, 4) is 0 Å². The first-order valence-corrected chi connectivity index (χ1v) is 16.5. The van der Waals surface area contributed by atoms with Gasteiger partial charge in [0.15, 0.2) is 0 Å². The van der Waals surface area contributed by atoms with Crippen LogP contribution in [0.1, 0.15) is 79.4 Å². The molecule has 1 amide bonds. The molecule has 10 heteroatoms. The summed E-state index contributed by atoms with van der Waals surface area (Å²) in [5.41, 5.74) is 4.73. The molecule has 1 fully saturated rings. The van der Waals surface area contributed by atoms with Crippen molar-refractivity contribution in [2.24, 2.45) is 5.92 Å². The van der Waals surface area contributed by atoms with Gasteiger partial charge in [-0.2, -0.15) is 4.31 Å². The summed E-state index contributed by atoms with van der Waals surface area (Å²) in [6, 6.07) is 19.0. The predicted molar refractivity (Wildman–Crippen MR) is 170 cm³/mol. The molecule has 44 heavy (non-hydrogen) atoms. The number of nitrogens with one attached hydrogen (secondary N) is 1. The van der Waals surface area contributed by atoms with E-state index >= 15 is 0 Å². The summed E-state index contributed by atoms with van der Waals surface area (Å²) in [5, 5.41) is 12.3. The Kier molecular flexibility index (Phi) is 9.22. The lowest BCUT2D eigenvalue weighted by atomic mass is 9.91. The van der Waals surface area contributed by atoms with Gasteiger partial charge in [-0.05, 0) is 77.6 Å². The second kappa shape index (κ2) is 12.9. The molecule has 1 aliphatic rings. The predicted octanol–water partition coefficient (Wildman–Crippen LogP) is 5.77. The van der Waals surface area contributed by atoms with E-state index in [9.17, 15) is 23.1 Å². The Balaban J connectivity index is 1.38. The number of amides is 1. The second-order valence-corrected chi connectivity index (χ2v) is 14.2. The average Bonchev–Trinajstić information content (AvgIpc) is 3.41. The molecule has 0 spiro atoms. The fraction of sp³-hybridized carbons (Fsp3) is 0.382. The Morgan fingerprint density at radius 1 is 0.955 bits per heavy atom. The highest BCUT2D eigenvalue weighted by Gasteiger charge is 2.41. The summed E-state index contributed by atoms with van der Waals surface area (Å²) >= 11 is 0. The molecule has 1 aliphatic heterocycles. The van der Waals surface area contributed by atoms with E-state index < -0.39 is 22.0 Å². The van der Waals surface area contributed by atoms with E-state index in [-0.39, 0.29) is 34.7 Å². The van der Waals surface area contributed by atoms with Crippen molar-refractivity contribution in [2.75, 3.05) is 6.54 Å². The lowest BCUT2D eigenvalue weighted by Gasteiger charge is -2.37. The molecule has 4 aromatic rings. The summed E-state index contributed by atoms with van der Waals surface area (Å²) in [5.74, 6) is -0.670. The van der Waals surface area contributed by atoms with Gasteiger partial charge >= 0.3 is 5.97 Å². The van der Waals surface area contributed by atoms with Gasteiger partial charge in [-0.3, -0.25) is 4.79 Å². The Hall–Kier alpha value is -4.02. The monoisotopic (exact) mass is 616 g/mol. The molecular weight excluding hydrogens is 576 g/mol. The molecule has 1 aromatic heterocycles. The van der Waals surface area contributed by atoms with Crippen LogP contribution in [0.15, 0.2) is 78.0 Å². The lowest BCUT2D eigenvalue weighted by molar-refractivity contribution is -0.126. The van der Waals surface area contributed by atoms with Gasteiger partial charge in [0.1, 0.15) is 6.04 Å². The largest absolute Gasteiger partial charge is 0.478 e. The molecule has 0 unspecified atom stereocenters. The molecule has 3 aromatic carbocycles. The molecule has 2 heterocycles. The van der Waals surface area contributed by atoms with Crippen LogP contribution >= 0.6 is 0 Å². The number of hydrogen-bond acceptors (Lipinski definition) is 5. The maximum absolute atomic E-state index is 13.9. The van der Waals surface area contributed by atoms with Crippen LogP contribution in [0, 0.1) is 5.92 Å². The van der Waals surface area contributed by atoms with Crippen LogP contribution in [0.25, 0.3) is 11.0 Å². The van der Waals surface area contributed by atoms with Crippen LogP contribution in [0.2, 0.25) is 0 Å². The number of hydrogen-bond donors (Lipinski definition) is 2. The normalized spacial score (nSPS) is 17.8. The minimum absolute atomic E-state index is 0.00222. The quantitative estimate of drug-likeness (QED) is 0.233. The van der Waals surface area contributed by atoms with E-state index in [0.29, 0.717) is 37.4 Å². The van der Waals surface area contributed by atoms with E-state index in [0.717, 1.165) is 16.6 Å². The first kappa shape index (κ1) is 31.4. The number of carboxylic acid groups (broad SMARTS) is 1. The van der Waals surface area contributed by atoms with Gasteiger partial charge in [0.2, 0.25) is 15.9 Å². The van der Waals surface area contributed by atoms with E-state index in [1.807, 2.05) is 28.8 Å². The number of aromatic nitrogens is 2. The van der Waals surface area contributed by atoms with E-state index in [1.165, 1.54) is 15.9 Å². The van der Waals surface area contributed by atoms with Crippen LogP contribution in [-0.2, 0) is 27.9 Å². The maximum atomic E-state index is 13.9. The molecule has 1 saturated heterocycles. The molecular formula is C34H40N4O5S. The van der Waals surface area contributed by atoms with Gasteiger partial charge in [-0.15, -0.1) is 0 Å².